The van der Waals surface area contributed by atoms with Gasteiger partial charge in [-0.1, -0.05) is 138 Å². The lowest BCUT2D eigenvalue weighted by Gasteiger charge is -2.36. The van der Waals surface area contributed by atoms with Gasteiger partial charge >= 0.3 is 5.97 Å². The lowest BCUT2D eigenvalue weighted by Crippen LogP contribution is -2.42. The van der Waals surface area contributed by atoms with Crippen LogP contribution in [0.4, 0.5) is 11.4 Å². The molecule has 6 rings (SSSR count). The number of benzene rings is 4. The van der Waals surface area contributed by atoms with Gasteiger partial charge in [0.25, 0.3) is 0 Å². The zero-order valence-corrected chi connectivity index (χ0v) is 37.1. The summed E-state index contributed by atoms with van der Waals surface area (Å²) in [5, 5.41) is 14.7. The van der Waals surface area contributed by atoms with Crippen molar-refractivity contribution in [1.29, 1.82) is 0 Å². The molecule has 0 fully saturated rings. The molecule has 0 aliphatic carbocycles. The van der Waals surface area contributed by atoms with Crippen LogP contribution in [0.25, 0.3) is 21.5 Å². The highest BCUT2D eigenvalue weighted by Gasteiger charge is 2.47. The molecule has 7 heteroatoms. The van der Waals surface area contributed by atoms with Crippen LogP contribution in [-0.2, 0) is 25.1 Å². The van der Waals surface area contributed by atoms with E-state index in [4.69, 9.17) is 21.1 Å². The minimum Gasteiger partial charge on any atom is -0.479 e. The number of alkyl halides is 1. The van der Waals surface area contributed by atoms with Crippen molar-refractivity contribution in [3.8, 4) is 0 Å². The maximum Gasteiger partial charge on any atom is 0.335 e. The fraction of sp³-hybridized carbons (Fsp3) is 0.412. The van der Waals surface area contributed by atoms with E-state index in [1.54, 1.807) is 13.8 Å². The number of nitrogens with zero attached hydrogens (tertiary/aromatic N) is 2. The number of carbonyl (C=O) groups is 1. The van der Waals surface area contributed by atoms with E-state index in [2.05, 4.69) is 180 Å². The largest absolute Gasteiger partial charge is 0.479 e. The number of hydrogen-bond donors (Lipinski definition) is 1. The van der Waals surface area contributed by atoms with Crippen LogP contribution < -0.4 is 4.90 Å². The molecule has 0 radical (unpaired) electrons. The zero-order chi connectivity index (χ0) is 42.3. The third-order valence-electron chi connectivity index (χ3n) is 11.7. The molecule has 306 valence electrons. The Morgan fingerprint density at radius 1 is 0.776 bits per heavy atom. The van der Waals surface area contributed by atoms with E-state index in [1.807, 2.05) is 6.92 Å². The zero-order valence-electron chi connectivity index (χ0n) is 36.3. The molecule has 4 aromatic rings. The monoisotopic (exact) mass is 801 g/mol. The van der Waals surface area contributed by atoms with Gasteiger partial charge in [0.15, 0.2) is 17.9 Å². The minimum atomic E-state index is -1.27. The minimum absolute atomic E-state index is 0.150. The van der Waals surface area contributed by atoms with Gasteiger partial charge in [0.05, 0.1) is 18.6 Å². The maximum atomic E-state index is 11.8. The summed E-state index contributed by atoms with van der Waals surface area (Å²) in [7, 11) is 0. The van der Waals surface area contributed by atoms with E-state index in [9.17, 15) is 9.90 Å². The molecule has 1 atom stereocenters. The predicted octanol–water partition coefficient (Wildman–Crippen LogP) is 12.3. The van der Waals surface area contributed by atoms with E-state index in [1.165, 1.54) is 55.5 Å². The van der Waals surface area contributed by atoms with Gasteiger partial charge < -0.3 is 19.5 Å². The van der Waals surface area contributed by atoms with Crippen LogP contribution in [0.15, 0.2) is 121 Å². The van der Waals surface area contributed by atoms with Crippen LogP contribution >= 0.6 is 11.6 Å². The number of halogens is 1. The Balaban J connectivity index is 1.30. The van der Waals surface area contributed by atoms with Gasteiger partial charge in [-0.15, -0.1) is 0 Å². The molecule has 0 saturated heterocycles. The van der Waals surface area contributed by atoms with Crippen molar-refractivity contribution in [2.45, 2.75) is 98.2 Å². The highest BCUT2D eigenvalue weighted by Crippen LogP contribution is 2.52. The molecule has 0 amide bonds. The lowest BCUT2D eigenvalue weighted by atomic mass is 9.79. The molecule has 0 saturated carbocycles. The smallest absolute Gasteiger partial charge is 0.335 e. The molecule has 0 spiro atoms. The number of rotatable bonds is 15. The second-order valence-electron chi connectivity index (χ2n) is 19.1. The molecule has 2 aliphatic heterocycles. The Hall–Kier alpha value is -4.49. The van der Waals surface area contributed by atoms with E-state index in [0.717, 1.165) is 6.54 Å². The van der Waals surface area contributed by atoms with Gasteiger partial charge in [-0.05, 0) is 79.9 Å². The first-order valence-corrected chi connectivity index (χ1v) is 20.9. The highest BCUT2D eigenvalue weighted by atomic mass is 35.5. The van der Waals surface area contributed by atoms with Gasteiger partial charge in [-0.3, -0.25) is 0 Å². The summed E-state index contributed by atoms with van der Waals surface area (Å²) in [6.07, 6.45) is 15.0. The summed E-state index contributed by atoms with van der Waals surface area (Å²) >= 11 is 6.21. The van der Waals surface area contributed by atoms with Crippen LogP contribution in [0, 0.1) is 10.8 Å². The van der Waals surface area contributed by atoms with Crippen molar-refractivity contribution in [2.75, 3.05) is 31.2 Å². The third-order valence-corrected chi connectivity index (χ3v) is 11.8. The van der Waals surface area contributed by atoms with Gasteiger partial charge in [0, 0.05) is 51.9 Å². The predicted molar refractivity (Wildman–Crippen MR) is 243 cm³/mol. The van der Waals surface area contributed by atoms with Crippen LogP contribution in [0.2, 0.25) is 0 Å². The van der Waals surface area contributed by atoms with Crippen molar-refractivity contribution in [2.24, 2.45) is 10.8 Å². The molecule has 0 aromatic heterocycles. The summed E-state index contributed by atoms with van der Waals surface area (Å²) in [6, 6.07) is 26.2. The number of allylic oxidation sites excluding steroid dienone is 8. The average molecular weight is 803 g/mol. The van der Waals surface area contributed by atoms with Crippen molar-refractivity contribution in [1.82, 2.24) is 0 Å². The Bertz CT molecular complexity index is 2350. The molecule has 1 unspecified atom stereocenters. The average Bonchev–Trinajstić information content (AvgIpc) is 3.50. The number of aliphatic carboxylic acids is 1. The maximum absolute atomic E-state index is 11.8. The van der Waals surface area contributed by atoms with Crippen molar-refractivity contribution >= 4 is 56.2 Å². The van der Waals surface area contributed by atoms with Crippen LogP contribution in [0.3, 0.4) is 0 Å². The van der Waals surface area contributed by atoms with E-state index >= 15 is 0 Å². The Morgan fingerprint density at radius 2 is 1.36 bits per heavy atom. The Morgan fingerprint density at radius 3 is 2.00 bits per heavy atom. The van der Waals surface area contributed by atoms with Gasteiger partial charge in [-0.2, -0.15) is 4.58 Å². The topological polar surface area (TPSA) is 62.0 Å². The summed E-state index contributed by atoms with van der Waals surface area (Å²) < 4.78 is 14.4. The SMILES string of the molecule is CC(Cl)OCC(C)(C)C[N+]1=C(/C=C/C=C/C=C/C=C2/N(CC(C)(C)COC(C)(C)C(=O)O)c3ccc4ccccc4c3C2(C)C)C(C)(C)c2c1ccc1ccccc21. The molecular formula is C51H62ClN2O4+. The normalized spacial score (nSPS) is 18.1. The molecule has 6 nitrogen and oxygen atoms in total. The summed E-state index contributed by atoms with van der Waals surface area (Å²) in [5.74, 6) is -0.968. The molecule has 4 aromatic carbocycles. The first kappa shape index (κ1) is 43.1. The first-order chi connectivity index (χ1) is 27.2. The number of anilines is 1. The molecule has 2 heterocycles. The van der Waals surface area contributed by atoms with Gasteiger partial charge in [-0.25, -0.2) is 4.79 Å². The molecular weight excluding hydrogens is 740 g/mol. The highest BCUT2D eigenvalue weighted by molar-refractivity contribution is 6.19. The standard InChI is InChI=1S/C51H61ClN2O4/c1-35(52)57-33-47(2,3)31-53-40-29-27-36-21-17-19-23-38(36)44(40)49(6,7)42(53)25-15-13-12-14-16-26-43-50(8,9)45-39-24-20-18-22-37(39)28-30-41(45)54(43)32-48(4,5)34-58-51(10,11)46(55)56/h12-30,35H,31-34H2,1-11H3/p+1. The third kappa shape index (κ3) is 8.76. The van der Waals surface area contributed by atoms with Crippen molar-refractivity contribution in [3.05, 3.63) is 132 Å². The summed E-state index contributed by atoms with van der Waals surface area (Å²) in [4.78, 5) is 14.2. The molecule has 0 bridgehead atoms. The summed E-state index contributed by atoms with van der Waals surface area (Å²) in [5.41, 5.74) is 4.87. The van der Waals surface area contributed by atoms with Gasteiger partial charge in [0.1, 0.15) is 5.56 Å². The van der Waals surface area contributed by atoms with Crippen LogP contribution in [0.5, 0.6) is 0 Å². The van der Waals surface area contributed by atoms with E-state index < -0.39 is 11.6 Å². The summed E-state index contributed by atoms with van der Waals surface area (Å²) in [6.45, 7) is 25.4. The quantitative estimate of drug-likeness (QED) is 0.0737. The molecule has 2 aliphatic rings. The molecule has 58 heavy (non-hydrogen) atoms. The van der Waals surface area contributed by atoms with E-state index in [0.29, 0.717) is 19.8 Å². The second-order valence-corrected chi connectivity index (χ2v) is 19.8. The molecule has 1 N–H and O–H groups in total. The van der Waals surface area contributed by atoms with Crippen molar-refractivity contribution < 1.29 is 24.0 Å². The lowest BCUT2D eigenvalue weighted by molar-refractivity contribution is -0.456. The number of hydrogen-bond acceptors (Lipinski definition) is 4. The number of ether oxygens (including phenoxy) is 2. The fourth-order valence-electron chi connectivity index (χ4n) is 8.62. The Kier molecular flexibility index (Phi) is 12.1. The van der Waals surface area contributed by atoms with Crippen molar-refractivity contribution in [3.63, 3.8) is 0 Å². The number of carboxylic acids is 1. The number of fused-ring (bicyclic) bond motifs is 6. The Labute approximate surface area is 351 Å². The van der Waals surface area contributed by atoms with Crippen LogP contribution in [0.1, 0.15) is 87.3 Å². The first-order valence-electron chi connectivity index (χ1n) is 20.5. The fourth-order valence-corrected chi connectivity index (χ4v) is 8.69. The number of carboxylic acid groups (broad SMARTS) is 1. The van der Waals surface area contributed by atoms with E-state index in [-0.39, 0.29) is 27.2 Å². The van der Waals surface area contributed by atoms with Crippen LogP contribution in [-0.4, -0.2) is 58.8 Å². The second kappa shape index (κ2) is 16.3. The van der Waals surface area contributed by atoms with Gasteiger partial charge in [0.2, 0.25) is 5.69 Å².